The average Bonchev–Trinajstić information content (AvgIpc) is 2.45. The van der Waals surface area contributed by atoms with Gasteiger partial charge in [-0.25, -0.2) is 10.3 Å². The molecule has 0 aromatic heterocycles. The molecule has 3 nitrogen and oxygen atoms in total. The van der Waals surface area contributed by atoms with Crippen LogP contribution in [0.15, 0.2) is 54.6 Å². The van der Waals surface area contributed by atoms with Gasteiger partial charge in [0.05, 0.1) is 5.69 Å². The second-order valence-electron chi connectivity index (χ2n) is 3.89. The van der Waals surface area contributed by atoms with Crippen molar-refractivity contribution < 1.29 is 9.63 Å². The molecule has 0 fully saturated rings. The van der Waals surface area contributed by atoms with Crippen molar-refractivity contribution in [2.75, 3.05) is 5.48 Å². The van der Waals surface area contributed by atoms with E-state index in [9.17, 15) is 4.79 Å². The number of halogens is 2. The summed E-state index contributed by atoms with van der Waals surface area (Å²) >= 11 is 11.8. The van der Waals surface area contributed by atoms with Crippen molar-refractivity contribution in [2.24, 2.45) is 0 Å². The molecule has 2 aromatic carbocycles. The Labute approximate surface area is 126 Å². The quantitative estimate of drug-likeness (QED) is 0.664. The van der Waals surface area contributed by atoms with Crippen molar-refractivity contribution in [3.63, 3.8) is 0 Å². The molecule has 0 atom stereocenters. The van der Waals surface area contributed by atoms with Crippen molar-refractivity contribution in [3.8, 4) is 0 Å². The normalized spacial score (nSPS) is 10.5. The smallest absolute Gasteiger partial charge is 0.339 e. The number of anilines is 1. The zero-order chi connectivity index (χ0) is 14.4. The third-order valence-corrected chi connectivity index (χ3v) is 2.97. The second-order valence-corrected chi connectivity index (χ2v) is 4.73. The van der Waals surface area contributed by atoms with Gasteiger partial charge >= 0.3 is 5.97 Å². The lowest BCUT2D eigenvalue weighted by molar-refractivity contribution is -0.134. The second kappa shape index (κ2) is 6.98. The van der Waals surface area contributed by atoms with E-state index in [1.54, 1.807) is 36.4 Å². The van der Waals surface area contributed by atoms with E-state index in [1.165, 1.54) is 6.08 Å². The Morgan fingerprint density at radius 3 is 2.55 bits per heavy atom. The number of carbonyl (C=O) groups is 1. The lowest BCUT2D eigenvalue weighted by Gasteiger charge is -2.04. The number of para-hydroxylation sites is 1. The molecular weight excluding hydrogens is 297 g/mol. The van der Waals surface area contributed by atoms with Crippen LogP contribution >= 0.6 is 23.2 Å². The van der Waals surface area contributed by atoms with Gasteiger partial charge in [-0.3, -0.25) is 0 Å². The Kier molecular flexibility index (Phi) is 5.04. The standard InChI is InChI=1S/C15H11Cl2NO2/c16-12-8-6-11(14(17)10-12)7-9-15(19)20-18-13-4-2-1-3-5-13/h1-10,18H/b9-7+. The van der Waals surface area contributed by atoms with Crippen LogP contribution < -0.4 is 5.48 Å². The molecular formula is C15H11Cl2NO2. The summed E-state index contributed by atoms with van der Waals surface area (Å²) in [6.07, 6.45) is 2.85. The number of hydrogen-bond acceptors (Lipinski definition) is 3. The predicted octanol–water partition coefficient (Wildman–Crippen LogP) is 4.58. The molecule has 0 aliphatic heterocycles. The minimum Gasteiger partial charge on any atom is -0.339 e. The van der Waals surface area contributed by atoms with E-state index in [4.69, 9.17) is 28.0 Å². The van der Waals surface area contributed by atoms with Crippen LogP contribution in [-0.4, -0.2) is 5.97 Å². The Balaban J connectivity index is 1.92. The van der Waals surface area contributed by atoms with Gasteiger partial charge in [0.15, 0.2) is 0 Å². The van der Waals surface area contributed by atoms with Crippen LogP contribution in [0, 0.1) is 0 Å². The van der Waals surface area contributed by atoms with Crippen molar-refractivity contribution in [3.05, 3.63) is 70.2 Å². The van der Waals surface area contributed by atoms with E-state index in [1.807, 2.05) is 18.2 Å². The lowest BCUT2D eigenvalue weighted by atomic mass is 10.2. The monoisotopic (exact) mass is 307 g/mol. The van der Waals surface area contributed by atoms with Crippen LogP contribution in [0.4, 0.5) is 5.69 Å². The van der Waals surface area contributed by atoms with Gasteiger partial charge in [-0.2, -0.15) is 0 Å². The maximum absolute atomic E-state index is 11.5. The first-order valence-electron chi connectivity index (χ1n) is 5.80. The van der Waals surface area contributed by atoms with E-state index in [2.05, 4.69) is 5.48 Å². The molecule has 20 heavy (non-hydrogen) atoms. The van der Waals surface area contributed by atoms with Gasteiger partial charge in [-0.15, -0.1) is 0 Å². The molecule has 2 aromatic rings. The van der Waals surface area contributed by atoms with Crippen LogP contribution in [0.2, 0.25) is 10.0 Å². The number of nitrogens with one attached hydrogen (secondary N) is 1. The molecule has 0 unspecified atom stereocenters. The van der Waals surface area contributed by atoms with E-state index in [0.29, 0.717) is 21.3 Å². The van der Waals surface area contributed by atoms with Gasteiger partial charge in [-0.05, 0) is 35.9 Å². The van der Waals surface area contributed by atoms with Crippen LogP contribution in [0.1, 0.15) is 5.56 Å². The molecule has 0 amide bonds. The minimum atomic E-state index is -0.528. The first kappa shape index (κ1) is 14.4. The Bertz CT molecular complexity index is 627. The van der Waals surface area contributed by atoms with Crippen molar-refractivity contribution in [1.29, 1.82) is 0 Å². The van der Waals surface area contributed by atoms with Crippen molar-refractivity contribution in [1.82, 2.24) is 0 Å². The largest absolute Gasteiger partial charge is 0.355 e. The molecule has 5 heteroatoms. The Hall–Kier alpha value is -1.97. The lowest BCUT2D eigenvalue weighted by Crippen LogP contribution is -2.07. The molecule has 0 spiro atoms. The van der Waals surface area contributed by atoms with Crippen LogP contribution in [0.25, 0.3) is 6.08 Å². The van der Waals surface area contributed by atoms with Gasteiger partial charge in [0.2, 0.25) is 0 Å². The number of rotatable bonds is 4. The summed E-state index contributed by atoms with van der Waals surface area (Å²) in [4.78, 5) is 16.4. The first-order valence-corrected chi connectivity index (χ1v) is 6.56. The molecule has 0 radical (unpaired) electrons. The van der Waals surface area contributed by atoms with E-state index >= 15 is 0 Å². The van der Waals surface area contributed by atoms with Gasteiger partial charge in [0.1, 0.15) is 0 Å². The van der Waals surface area contributed by atoms with Gasteiger partial charge in [0.25, 0.3) is 0 Å². The number of benzene rings is 2. The van der Waals surface area contributed by atoms with E-state index in [0.717, 1.165) is 0 Å². The summed E-state index contributed by atoms with van der Waals surface area (Å²) in [5.41, 5.74) is 3.93. The molecule has 102 valence electrons. The Morgan fingerprint density at radius 2 is 1.85 bits per heavy atom. The summed E-state index contributed by atoms with van der Waals surface area (Å²) in [6.45, 7) is 0. The van der Waals surface area contributed by atoms with E-state index in [-0.39, 0.29) is 0 Å². The number of hydrogen-bond donors (Lipinski definition) is 1. The highest BCUT2D eigenvalue weighted by Crippen LogP contribution is 2.21. The maximum atomic E-state index is 11.5. The molecule has 0 bridgehead atoms. The van der Waals surface area contributed by atoms with E-state index < -0.39 is 5.97 Å². The summed E-state index contributed by atoms with van der Waals surface area (Å²) in [5.74, 6) is -0.528. The highest BCUT2D eigenvalue weighted by molar-refractivity contribution is 6.35. The van der Waals surface area contributed by atoms with Crippen LogP contribution in [0.5, 0.6) is 0 Å². The fourth-order valence-electron chi connectivity index (χ4n) is 1.44. The maximum Gasteiger partial charge on any atom is 0.355 e. The van der Waals surface area contributed by atoms with Crippen molar-refractivity contribution >= 4 is 40.9 Å². The topological polar surface area (TPSA) is 38.3 Å². The SMILES string of the molecule is O=C(/C=C/c1ccc(Cl)cc1Cl)ONc1ccccc1. The first-order chi connectivity index (χ1) is 9.65. The Morgan fingerprint density at radius 1 is 1.10 bits per heavy atom. The summed E-state index contributed by atoms with van der Waals surface area (Å²) in [5, 5.41) is 1.01. The van der Waals surface area contributed by atoms with Crippen LogP contribution in [0.3, 0.4) is 0 Å². The number of carbonyl (C=O) groups excluding carboxylic acids is 1. The molecule has 0 saturated heterocycles. The fraction of sp³-hybridized carbons (Fsp3) is 0. The molecule has 0 heterocycles. The zero-order valence-electron chi connectivity index (χ0n) is 10.3. The van der Waals surface area contributed by atoms with Gasteiger partial charge in [-0.1, -0.05) is 47.5 Å². The third kappa shape index (κ3) is 4.30. The van der Waals surface area contributed by atoms with Gasteiger partial charge < -0.3 is 4.84 Å². The zero-order valence-corrected chi connectivity index (χ0v) is 11.9. The molecule has 1 N–H and O–H groups in total. The van der Waals surface area contributed by atoms with Gasteiger partial charge in [0, 0.05) is 16.1 Å². The summed E-state index contributed by atoms with van der Waals surface area (Å²) in [7, 11) is 0. The predicted molar refractivity (Wildman–Crippen MR) is 81.7 cm³/mol. The molecule has 0 aliphatic carbocycles. The minimum absolute atomic E-state index is 0.470. The highest BCUT2D eigenvalue weighted by atomic mass is 35.5. The fourth-order valence-corrected chi connectivity index (χ4v) is 1.92. The van der Waals surface area contributed by atoms with Crippen molar-refractivity contribution in [2.45, 2.75) is 0 Å². The summed E-state index contributed by atoms with van der Waals surface area (Å²) in [6, 6.07) is 14.1. The molecule has 0 saturated carbocycles. The average molecular weight is 308 g/mol. The molecule has 2 rings (SSSR count). The summed E-state index contributed by atoms with van der Waals surface area (Å²) < 4.78 is 0. The molecule has 0 aliphatic rings. The van der Waals surface area contributed by atoms with Crippen LogP contribution in [-0.2, 0) is 9.63 Å². The third-order valence-electron chi connectivity index (χ3n) is 2.40. The highest BCUT2D eigenvalue weighted by Gasteiger charge is 2.00.